The first kappa shape index (κ1) is 21.4. The highest BCUT2D eigenvalue weighted by atomic mass is 127. The largest absolute Gasteiger partial charge is 0.377 e. The Morgan fingerprint density at radius 2 is 2.18 bits per heavy atom. The minimum absolute atomic E-state index is 0. The highest BCUT2D eigenvalue weighted by Crippen LogP contribution is 2.11. The Morgan fingerprint density at radius 1 is 1.41 bits per heavy atom. The van der Waals surface area contributed by atoms with Crippen LogP contribution in [0.4, 0.5) is 0 Å². The molecule has 130 valence electrons. The standard InChI is InChI=1S/C14H28N4O3.HI/c1-4-15-14(17-10-13(19)18(2)3)16-7-9-20-11-12-6-5-8-21-12;/h12H,4-11H2,1-3H3,(H2,15,16,17);1H. The van der Waals surface area contributed by atoms with E-state index < -0.39 is 0 Å². The molecule has 0 aromatic carbocycles. The molecule has 7 nitrogen and oxygen atoms in total. The lowest BCUT2D eigenvalue weighted by Gasteiger charge is -2.14. The number of hydrogen-bond donors (Lipinski definition) is 2. The number of rotatable bonds is 8. The smallest absolute Gasteiger partial charge is 0.243 e. The number of hydrogen-bond acceptors (Lipinski definition) is 4. The van der Waals surface area contributed by atoms with Gasteiger partial charge in [-0.15, -0.1) is 24.0 Å². The van der Waals surface area contributed by atoms with E-state index in [9.17, 15) is 4.79 Å². The van der Waals surface area contributed by atoms with Crippen LogP contribution in [0, 0.1) is 0 Å². The topological polar surface area (TPSA) is 75.2 Å². The Hall–Kier alpha value is -0.610. The van der Waals surface area contributed by atoms with Crippen LogP contribution in [0.5, 0.6) is 0 Å². The summed E-state index contributed by atoms with van der Waals surface area (Å²) in [6, 6.07) is 0. The minimum Gasteiger partial charge on any atom is -0.377 e. The van der Waals surface area contributed by atoms with Crippen LogP contribution in [-0.4, -0.2) is 76.4 Å². The first-order valence-electron chi connectivity index (χ1n) is 7.55. The molecule has 1 saturated heterocycles. The summed E-state index contributed by atoms with van der Waals surface area (Å²) in [5.41, 5.74) is 0. The average Bonchev–Trinajstić information content (AvgIpc) is 2.96. The van der Waals surface area contributed by atoms with E-state index in [1.54, 1.807) is 14.1 Å². The van der Waals surface area contributed by atoms with Crippen molar-refractivity contribution in [2.24, 2.45) is 4.99 Å². The molecular weight excluding hydrogens is 399 g/mol. The Labute approximate surface area is 150 Å². The van der Waals surface area contributed by atoms with Crippen molar-refractivity contribution in [3.63, 3.8) is 0 Å². The summed E-state index contributed by atoms with van der Waals surface area (Å²) in [5, 5.41) is 6.24. The van der Waals surface area contributed by atoms with Gasteiger partial charge in [0.1, 0.15) is 6.54 Å². The molecule has 1 atom stereocenters. The molecule has 0 spiro atoms. The van der Waals surface area contributed by atoms with Gasteiger partial charge >= 0.3 is 0 Å². The van der Waals surface area contributed by atoms with Crippen molar-refractivity contribution in [1.82, 2.24) is 15.5 Å². The van der Waals surface area contributed by atoms with Crippen molar-refractivity contribution in [1.29, 1.82) is 0 Å². The third-order valence-corrected chi connectivity index (χ3v) is 3.08. The van der Waals surface area contributed by atoms with Crippen LogP contribution in [0.1, 0.15) is 19.8 Å². The first-order chi connectivity index (χ1) is 10.1. The summed E-state index contributed by atoms with van der Waals surface area (Å²) < 4.78 is 11.0. The zero-order chi connectivity index (χ0) is 15.5. The maximum absolute atomic E-state index is 11.5. The number of nitrogens with one attached hydrogen (secondary N) is 2. The maximum Gasteiger partial charge on any atom is 0.243 e. The number of amides is 1. The van der Waals surface area contributed by atoms with Crippen molar-refractivity contribution in [3.8, 4) is 0 Å². The number of carbonyl (C=O) groups excluding carboxylic acids is 1. The van der Waals surface area contributed by atoms with E-state index in [2.05, 4.69) is 15.6 Å². The number of halogens is 1. The summed E-state index contributed by atoms with van der Waals surface area (Å²) in [7, 11) is 3.44. The van der Waals surface area contributed by atoms with Gasteiger partial charge in [0, 0.05) is 33.8 Å². The van der Waals surface area contributed by atoms with E-state index in [4.69, 9.17) is 9.47 Å². The highest BCUT2D eigenvalue weighted by molar-refractivity contribution is 14.0. The van der Waals surface area contributed by atoms with E-state index >= 15 is 0 Å². The van der Waals surface area contributed by atoms with Gasteiger partial charge in [-0.2, -0.15) is 0 Å². The molecule has 1 aliphatic heterocycles. The van der Waals surface area contributed by atoms with E-state index in [0.717, 1.165) is 26.0 Å². The number of ether oxygens (including phenoxy) is 2. The summed E-state index contributed by atoms with van der Waals surface area (Å²) in [6.45, 7) is 5.61. The first-order valence-corrected chi connectivity index (χ1v) is 7.55. The third-order valence-electron chi connectivity index (χ3n) is 3.08. The average molecular weight is 428 g/mol. The van der Waals surface area contributed by atoms with Crippen molar-refractivity contribution >= 4 is 35.8 Å². The Morgan fingerprint density at radius 3 is 2.77 bits per heavy atom. The van der Waals surface area contributed by atoms with E-state index in [-0.39, 0.29) is 42.5 Å². The van der Waals surface area contributed by atoms with Crippen LogP contribution in [-0.2, 0) is 14.3 Å². The van der Waals surface area contributed by atoms with Gasteiger partial charge in [0.05, 0.1) is 19.3 Å². The molecule has 0 aromatic rings. The lowest BCUT2D eigenvalue weighted by Crippen LogP contribution is -2.40. The van der Waals surface area contributed by atoms with Crippen molar-refractivity contribution < 1.29 is 14.3 Å². The molecule has 22 heavy (non-hydrogen) atoms. The zero-order valence-electron chi connectivity index (χ0n) is 13.8. The third kappa shape index (κ3) is 9.42. The predicted molar refractivity (Wildman–Crippen MR) is 97.9 cm³/mol. The molecule has 1 fully saturated rings. The van der Waals surface area contributed by atoms with E-state index in [1.165, 1.54) is 4.90 Å². The molecule has 0 aromatic heterocycles. The van der Waals surface area contributed by atoms with Crippen molar-refractivity contribution in [2.45, 2.75) is 25.9 Å². The molecule has 1 aliphatic rings. The second-order valence-corrected chi connectivity index (χ2v) is 5.12. The van der Waals surface area contributed by atoms with Gasteiger partial charge in [0.2, 0.25) is 5.91 Å². The fourth-order valence-electron chi connectivity index (χ4n) is 1.86. The van der Waals surface area contributed by atoms with Crippen molar-refractivity contribution in [2.75, 3.05) is 53.6 Å². The molecule has 1 amide bonds. The second-order valence-electron chi connectivity index (χ2n) is 5.12. The number of likely N-dealkylation sites (N-methyl/N-ethyl adjacent to an activating group) is 1. The minimum atomic E-state index is -0.0261. The molecule has 1 unspecified atom stereocenters. The summed E-state index contributed by atoms with van der Waals surface area (Å²) in [4.78, 5) is 17.3. The summed E-state index contributed by atoms with van der Waals surface area (Å²) >= 11 is 0. The second kappa shape index (κ2) is 12.9. The van der Waals surface area contributed by atoms with Gasteiger partial charge in [-0.3, -0.25) is 4.79 Å². The van der Waals surface area contributed by atoms with Gasteiger partial charge in [-0.25, -0.2) is 4.99 Å². The molecule has 0 bridgehead atoms. The van der Waals surface area contributed by atoms with Crippen LogP contribution in [0.2, 0.25) is 0 Å². The van der Waals surface area contributed by atoms with E-state index in [1.807, 2.05) is 6.92 Å². The Balaban J connectivity index is 0.00000441. The normalized spacial score (nSPS) is 17.8. The number of aliphatic imine (C=N–C) groups is 1. The van der Waals surface area contributed by atoms with Gasteiger partial charge in [-0.05, 0) is 19.8 Å². The fourth-order valence-corrected chi connectivity index (χ4v) is 1.86. The van der Waals surface area contributed by atoms with Gasteiger partial charge in [0.25, 0.3) is 0 Å². The zero-order valence-corrected chi connectivity index (χ0v) is 16.1. The van der Waals surface area contributed by atoms with Crippen LogP contribution in [0.15, 0.2) is 4.99 Å². The van der Waals surface area contributed by atoms with Crippen molar-refractivity contribution in [3.05, 3.63) is 0 Å². The quantitative estimate of drug-likeness (QED) is 0.254. The highest BCUT2D eigenvalue weighted by Gasteiger charge is 2.14. The molecule has 0 saturated carbocycles. The van der Waals surface area contributed by atoms with Crippen LogP contribution in [0.25, 0.3) is 0 Å². The summed E-state index contributed by atoms with van der Waals surface area (Å²) in [6.07, 6.45) is 2.47. The van der Waals surface area contributed by atoms with Crippen LogP contribution >= 0.6 is 24.0 Å². The molecule has 1 rings (SSSR count). The molecule has 8 heteroatoms. The van der Waals surface area contributed by atoms with Crippen LogP contribution in [0.3, 0.4) is 0 Å². The molecule has 2 N–H and O–H groups in total. The van der Waals surface area contributed by atoms with Gasteiger partial charge in [0.15, 0.2) is 5.96 Å². The SMILES string of the molecule is CCNC(=NCC(=O)N(C)C)NCCOCC1CCCO1.I. The number of nitrogens with zero attached hydrogens (tertiary/aromatic N) is 2. The van der Waals surface area contributed by atoms with E-state index in [0.29, 0.717) is 25.7 Å². The monoisotopic (exact) mass is 428 g/mol. The molecular formula is C14H29IN4O3. The number of carbonyl (C=O) groups is 1. The maximum atomic E-state index is 11.5. The lowest BCUT2D eigenvalue weighted by molar-refractivity contribution is -0.127. The van der Waals surface area contributed by atoms with Crippen LogP contribution < -0.4 is 10.6 Å². The molecule has 1 heterocycles. The van der Waals surface area contributed by atoms with Gasteiger partial charge in [-0.1, -0.05) is 0 Å². The Bertz CT molecular complexity index is 334. The summed E-state index contributed by atoms with van der Waals surface area (Å²) in [5.74, 6) is 0.607. The number of guanidine groups is 1. The predicted octanol–water partition coefficient (Wildman–Crippen LogP) is 0.443. The fraction of sp³-hybridized carbons (Fsp3) is 0.857. The molecule has 0 radical (unpaired) electrons. The van der Waals surface area contributed by atoms with Gasteiger partial charge < -0.3 is 25.0 Å². The lowest BCUT2D eigenvalue weighted by atomic mass is 10.2. The Kier molecular flexibility index (Phi) is 12.5. The molecule has 0 aliphatic carbocycles.